The first kappa shape index (κ1) is 32.2. The van der Waals surface area contributed by atoms with E-state index in [1.54, 1.807) is 13.1 Å². The lowest BCUT2D eigenvalue weighted by molar-refractivity contribution is -0.141. The van der Waals surface area contributed by atoms with Crippen molar-refractivity contribution in [2.24, 2.45) is 0 Å². The Bertz CT molecular complexity index is 1700. The number of hydrogen-bond donors (Lipinski definition) is 2. The highest BCUT2D eigenvalue weighted by Crippen LogP contribution is 2.36. The summed E-state index contributed by atoms with van der Waals surface area (Å²) in [6.07, 6.45) is 1.83. The van der Waals surface area contributed by atoms with Gasteiger partial charge in [0.05, 0.1) is 23.2 Å². The first-order valence-corrected chi connectivity index (χ1v) is 18.0. The van der Waals surface area contributed by atoms with E-state index in [0.29, 0.717) is 29.9 Å². The normalized spacial score (nSPS) is 17.5. The Hall–Kier alpha value is -3.19. The van der Waals surface area contributed by atoms with Crippen molar-refractivity contribution in [2.45, 2.75) is 51.1 Å². The second kappa shape index (κ2) is 12.3. The predicted molar refractivity (Wildman–Crippen MR) is 157 cm³/mol. The molecule has 2 aromatic heterocycles. The number of piperidine rings is 1. The summed E-state index contributed by atoms with van der Waals surface area (Å²) in [5, 5.41) is 13.1. The second-order valence-electron chi connectivity index (χ2n) is 10.6. The molecule has 2 N–H and O–H groups in total. The molecule has 0 bridgehead atoms. The Morgan fingerprint density at radius 3 is 2.05 bits per heavy atom. The lowest BCUT2D eigenvalue weighted by Gasteiger charge is -2.30. The smallest absolute Gasteiger partial charge is 0.382 e. The molecule has 0 saturated carbocycles. The summed E-state index contributed by atoms with van der Waals surface area (Å²) in [6.45, 7) is 3.27. The zero-order valence-corrected chi connectivity index (χ0v) is 26.4. The van der Waals surface area contributed by atoms with E-state index in [9.17, 15) is 30.0 Å². The fraction of sp³-hybridized carbons (Fsp3) is 0.462. The fourth-order valence-corrected chi connectivity index (χ4v) is 7.04. The van der Waals surface area contributed by atoms with E-state index in [1.165, 1.54) is 34.4 Å². The maximum absolute atomic E-state index is 12.9. The maximum atomic E-state index is 12.9. The molecule has 1 aromatic carbocycles. The third-order valence-electron chi connectivity index (χ3n) is 7.14. The molecule has 18 heteroatoms. The van der Waals surface area contributed by atoms with Gasteiger partial charge in [0.25, 0.3) is 0 Å². The molecule has 12 nitrogen and oxygen atoms in total. The molecular weight excluding hydrogens is 646 g/mol. The van der Waals surface area contributed by atoms with Crippen LogP contribution < -0.4 is 19.0 Å². The van der Waals surface area contributed by atoms with Crippen LogP contribution in [0.4, 0.5) is 13.2 Å². The number of alkyl halides is 3. The molecule has 0 unspecified atom stereocenters. The number of thiazole rings is 1. The summed E-state index contributed by atoms with van der Waals surface area (Å²) in [5.41, 5.74) is 1.08. The summed E-state index contributed by atoms with van der Waals surface area (Å²) < 4.78 is 97.8. The Balaban J connectivity index is 1.24. The molecule has 4 heterocycles. The Morgan fingerprint density at radius 2 is 1.55 bits per heavy atom. The van der Waals surface area contributed by atoms with Crippen LogP contribution in [0.3, 0.4) is 0 Å². The number of fused-ring (bicyclic) bond motifs is 1. The van der Waals surface area contributed by atoms with E-state index in [2.05, 4.69) is 15.7 Å². The fourth-order valence-electron chi connectivity index (χ4n) is 5.06. The first-order chi connectivity index (χ1) is 20.6. The third kappa shape index (κ3) is 7.90. The van der Waals surface area contributed by atoms with Gasteiger partial charge in [-0.2, -0.15) is 35.1 Å². The zero-order chi connectivity index (χ0) is 31.9. The van der Waals surface area contributed by atoms with E-state index in [0.717, 1.165) is 42.1 Å². The molecule has 2 aliphatic rings. The first-order valence-electron chi connectivity index (χ1n) is 13.5. The zero-order valence-electron chi connectivity index (χ0n) is 24.0. The molecule has 44 heavy (non-hydrogen) atoms. The summed E-state index contributed by atoms with van der Waals surface area (Å²) in [4.78, 5) is 6.90. The van der Waals surface area contributed by atoms with Crippen LogP contribution in [-0.4, -0.2) is 62.1 Å². The molecule has 2 aliphatic heterocycles. The lowest BCUT2D eigenvalue weighted by atomic mass is 9.98. The van der Waals surface area contributed by atoms with Crippen molar-refractivity contribution < 1.29 is 38.4 Å². The SMILES string of the molecule is Cc1cc(C(F)(F)F)nn1C=CN1CCC(c2nc(C3NCc4c(OS(C)(=O)=O)ccc(OS(C)(=O)=O)c4CN3)cs2)CC1. The predicted octanol–water partition coefficient (Wildman–Crippen LogP) is 3.54. The van der Waals surface area contributed by atoms with Gasteiger partial charge in [-0.15, -0.1) is 11.3 Å². The number of rotatable bonds is 8. The molecule has 5 rings (SSSR count). The topological polar surface area (TPSA) is 145 Å². The molecule has 0 atom stereocenters. The van der Waals surface area contributed by atoms with Crippen LogP contribution in [0.15, 0.2) is 29.8 Å². The van der Waals surface area contributed by atoms with Gasteiger partial charge in [0.1, 0.15) is 17.7 Å². The van der Waals surface area contributed by atoms with Gasteiger partial charge in [0, 0.05) is 66.7 Å². The van der Waals surface area contributed by atoms with Gasteiger partial charge in [-0.05, 0) is 38.0 Å². The molecule has 0 spiro atoms. The van der Waals surface area contributed by atoms with Crippen molar-refractivity contribution in [1.29, 1.82) is 0 Å². The highest BCUT2D eigenvalue weighted by molar-refractivity contribution is 7.86. The van der Waals surface area contributed by atoms with Gasteiger partial charge >= 0.3 is 26.4 Å². The number of nitrogens with zero attached hydrogens (tertiary/aromatic N) is 4. The number of nitrogens with one attached hydrogen (secondary N) is 2. The number of hydrogen-bond acceptors (Lipinski definition) is 12. The highest BCUT2D eigenvalue weighted by Gasteiger charge is 2.34. The Labute approximate surface area is 257 Å². The molecule has 0 amide bonds. The minimum atomic E-state index is -4.49. The molecule has 0 aliphatic carbocycles. The molecule has 1 fully saturated rings. The van der Waals surface area contributed by atoms with Gasteiger partial charge in [0.15, 0.2) is 5.69 Å². The van der Waals surface area contributed by atoms with Crippen LogP contribution in [-0.2, 0) is 39.5 Å². The van der Waals surface area contributed by atoms with Crippen LogP contribution in [0.1, 0.15) is 58.1 Å². The standard InChI is InChI=1S/C26H31F3N6O6S3/c1-16-12-23(26(27,28)29)33-35(16)11-10-34-8-6-17(7-9-34)25-32-20(15-42-25)24-30-13-18-19(14-31-24)22(41-44(3,38)39)5-4-21(18)40-43(2,36)37/h4-5,10-12,15,17,24,30-31H,6-9,13-14H2,1-3H3. The van der Waals surface area contributed by atoms with Crippen LogP contribution >= 0.6 is 11.3 Å². The van der Waals surface area contributed by atoms with Crippen molar-refractivity contribution >= 4 is 37.8 Å². The summed E-state index contributed by atoms with van der Waals surface area (Å²) in [5.74, 6) is 0.345. The molecule has 1 saturated heterocycles. The van der Waals surface area contributed by atoms with Crippen molar-refractivity contribution in [2.75, 3.05) is 25.6 Å². The van der Waals surface area contributed by atoms with Gasteiger partial charge < -0.3 is 13.3 Å². The van der Waals surface area contributed by atoms with Crippen LogP contribution in [0.25, 0.3) is 6.20 Å². The van der Waals surface area contributed by atoms with Crippen molar-refractivity contribution in [3.05, 3.63) is 63.0 Å². The van der Waals surface area contributed by atoms with Crippen LogP contribution in [0, 0.1) is 6.92 Å². The Kier molecular flexibility index (Phi) is 9.01. The van der Waals surface area contributed by atoms with Gasteiger partial charge in [-0.1, -0.05) is 0 Å². The minimum absolute atomic E-state index is 0.0709. The van der Waals surface area contributed by atoms with Crippen LogP contribution in [0.5, 0.6) is 11.5 Å². The monoisotopic (exact) mass is 676 g/mol. The van der Waals surface area contributed by atoms with E-state index < -0.39 is 38.3 Å². The van der Waals surface area contributed by atoms with Crippen molar-refractivity contribution in [3.63, 3.8) is 0 Å². The summed E-state index contributed by atoms with van der Waals surface area (Å²) >= 11 is 1.52. The number of aryl methyl sites for hydroxylation is 1. The number of halogens is 3. The van der Waals surface area contributed by atoms with Crippen LogP contribution in [0.2, 0.25) is 0 Å². The molecule has 0 radical (unpaired) electrons. The van der Waals surface area contributed by atoms with E-state index in [-0.39, 0.29) is 30.5 Å². The second-order valence-corrected chi connectivity index (χ2v) is 14.7. The molecule has 3 aromatic rings. The lowest BCUT2D eigenvalue weighted by Crippen LogP contribution is -2.31. The van der Waals surface area contributed by atoms with Crippen molar-refractivity contribution in [3.8, 4) is 11.5 Å². The average molecular weight is 677 g/mol. The largest absolute Gasteiger partial charge is 0.435 e. The third-order valence-corrected chi connectivity index (χ3v) is 9.13. The number of benzene rings is 1. The minimum Gasteiger partial charge on any atom is -0.382 e. The molecular formula is C26H31F3N6O6S3. The summed E-state index contributed by atoms with van der Waals surface area (Å²) in [6, 6.07) is 3.74. The van der Waals surface area contributed by atoms with Gasteiger partial charge in [-0.25, -0.2) is 9.67 Å². The van der Waals surface area contributed by atoms with Gasteiger partial charge in [0.2, 0.25) is 0 Å². The number of aromatic nitrogens is 3. The molecule has 240 valence electrons. The Morgan fingerprint density at radius 1 is 0.977 bits per heavy atom. The quantitative estimate of drug-likeness (QED) is 0.338. The van der Waals surface area contributed by atoms with E-state index in [4.69, 9.17) is 13.4 Å². The maximum Gasteiger partial charge on any atom is 0.435 e. The van der Waals surface area contributed by atoms with E-state index in [1.807, 2.05) is 10.3 Å². The van der Waals surface area contributed by atoms with E-state index >= 15 is 0 Å². The summed E-state index contributed by atoms with van der Waals surface area (Å²) in [7, 11) is -7.69. The average Bonchev–Trinajstić information content (AvgIpc) is 3.49. The van der Waals surface area contributed by atoms with Crippen molar-refractivity contribution in [1.82, 2.24) is 30.3 Å². The number of likely N-dealkylation sites (tertiary alicyclic amines) is 1. The van der Waals surface area contributed by atoms with Gasteiger partial charge in [-0.3, -0.25) is 10.6 Å². The highest BCUT2D eigenvalue weighted by atomic mass is 32.2.